The quantitative estimate of drug-likeness (QED) is 0.590. The van der Waals surface area contributed by atoms with Crippen LogP contribution < -0.4 is 14.8 Å². The van der Waals surface area contributed by atoms with Crippen LogP contribution in [0.3, 0.4) is 0 Å². The molecule has 0 spiro atoms. The van der Waals surface area contributed by atoms with Crippen LogP contribution in [-0.2, 0) is 0 Å². The van der Waals surface area contributed by atoms with E-state index in [0.29, 0.717) is 18.7 Å². The van der Waals surface area contributed by atoms with Crippen LogP contribution in [0.1, 0.15) is 23.2 Å². The number of nitrogens with one attached hydrogen (secondary N) is 1. The molecule has 27 heavy (non-hydrogen) atoms. The Morgan fingerprint density at radius 1 is 1.04 bits per heavy atom. The topological polar surface area (TPSA) is 65.4 Å². The standard InChI is InChI=1S/C21H23N3O3/c1-26-19-8-4-17(5-9-19)21(25)23-12-2-3-15-27-20-10-6-18(7-11-20)24-14-13-22-16-24/h4-11,13-14,16H,2-3,12,15H2,1H3,(H,23,25). The van der Waals surface area contributed by atoms with Crippen molar-refractivity contribution in [3.63, 3.8) is 0 Å². The van der Waals surface area contributed by atoms with Gasteiger partial charge < -0.3 is 19.4 Å². The Balaban J connectivity index is 1.32. The Labute approximate surface area is 158 Å². The zero-order valence-corrected chi connectivity index (χ0v) is 15.3. The Morgan fingerprint density at radius 3 is 2.44 bits per heavy atom. The summed E-state index contributed by atoms with van der Waals surface area (Å²) >= 11 is 0. The molecule has 6 heteroatoms. The van der Waals surface area contributed by atoms with Crippen molar-refractivity contribution < 1.29 is 14.3 Å². The van der Waals surface area contributed by atoms with Crippen molar-refractivity contribution in [2.45, 2.75) is 12.8 Å². The van der Waals surface area contributed by atoms with Gasteiger partial charge in [-0.05, 0) is 61.4 Å². The Hall–Kier alpha value is -3.28. The molecule has 140 valence electrons. The van der Waals surface area contributed by atoms with E-state index in [4.69, 9.17) is 9.47 Å². The molecular weight excluding hydrogens is 342 g/mol. The van der Waals surface area contributed by atoms with Gasteiger partial charge in [0.2, 0.25) is 0 Å². The predicted octanol–water partition coefficient (Wildman–Crippen LogP) is 3.47. The molecule has 3 rings (SSSR count). The zero-order chi connectivity index (χ0) is 18.9. The van der Waals surface area contributed by atoms with Gasteiger partial charge in [0.1, 0.15) is 11.5 Å². The Morgan fingerprint density at radius 2 is 1.78 bits per heavy atom. The van der Waals surface area contributed by atoms with Gasteiger partial charge in [-0.3, -0.25) is 4.79 Å². The number of imidazole rings is 1. The Kier molecular flexibility index (Phi) is 6.46. The highest BCUT2D eigenvalue weighted by molar-refractivity contribution is 5.94. The summed E-state index contributed by atoms with van der Waals surface area (Å²) in [5, 5.41) is 2.91. The second-order valence-electron chi connectivity index (χ2n) is 6.00. The zero-order valence-electron chi connectivity index (χ0n) is 15.3. The van der Waals surface area contributed by atoms with E-state index in [1.807, 2.05) is 35.0 Å². The maximum Gasteiger partial charge on any atom is 0.251 e. The highest BCUT2D eigenvalue weighted by Gasteiger charge is 2.04. The van der Waals surface area contributed by atoms with Crippen LogP contribution >= 0.6 is 0 Å². The predicted molar refractivity (Wildman–Crippen MR) is 104 cm³/mol. The van der Waals surface area contributed by atoms with E-state index in [1.165, 1.54) is 0 Å². The monoisotopic (exact) mass is 365 g/mol. The van der Waals surface area contributed by atoms with Crippen LogP contribution in [-0.4, -0.2) is 35.7 Å². The molecule has 0 aliphatic carbocycles. The second-order valence-corrected chi connectivity index (χ2v) is 6.00. The van der Waals surface area contributed by atoms with Gasteiger partial charge >= 0.3 is 0 Å². The molecule has 0 bridgehead atoms. The number of methoxy groups -OCH3 is 1. The third-order valence-electron chi connectivity index (χ3n) is 4.12. The van der Waals surface area contributed by atoms with E-state index in [0.717, 1.165) is 30.0 Å². The van der Waals surface area contributed by atoms with Crippen LogP contribution in [0, 0.1) is 0 Å². The van der Waals surface area contributed by atoms with Gasteiger partial charge in [-0.1, -0.05) is 0 Å². The molecule has 1 amide bonds. The van der Waals surface area contributed by atoms with E-state index in [9.17, 15) is 4.79 Å². The van der Waals surface area contributed by atoms with Crippen LogP contribution in [0.2, 0.25) is 0 Å². The first-order valence-electron chi connectivity index (χ1n) is 8.90. The Bertz CT molecular complexity index is 828. The fourth-order valence-corrected chi connectivity index (χ4v) is 2.59. The number of benzene rings is 2. The van der Waals surface area contributed by atoms with Gasteiger partial charge in [0.25, 0.3) is 5.91 Å². The number of rotatable bonds is 9. The second kappa shape index (κ2) is 9.43. The summed E-state index contributed by atoms with van der Waals surface area (Å²) < 4.78 is 12.8. The van der Waals surface area contributed by atoms with E-state index < -0.39 is 0 Å². The first-order valence-corrected chi connectivity index (χ1v) is 8.90. The summed E-state index contributed by atoms with van der Waals surface area (Å²) in [5.74, 6) is 1.50. The number of hydrogen-bond acceptors (Lipinski definition) is 4. The van der Waals surface area contributed by atoms with Gasteiger partial charge in [0, 0.05) is 30.2 Å². The number of nitrogens with zero attached hydrogens (tertiary/aromatic N) is 2. The molecule has 0 fully saturated rings. The molecule has 6 nitrogen and oxygen atoms in total. The van der Waals surface area contributed by atoms with Crippen molar-refractivity contribution in [3.05, 3.63) is 72.8 Å². The van der Waals surface area contributed by atoms with Gasteiger partial charge in [-0.15, -0.1) is 0 Å². The number of carbonyl (C=O) groups excluding carboxylic acids is 1. The molecule has 1 N–H and O–H groups in total. The first-order chi connectivity index (χ1) is 13.3. The molecule has 2 aromatic carbocycles. The SMILES string of the molecule is COc1ccc(C(=O)NCCCCOc2ccc(-n3ccnc3)cc2)cc1. The average molecular weight is 365 g/mol. The fraction of sp³-hybridized carbons (Fsp3) is 0.238. The first kappa shape index (κ1) is 18.5. The third kappa shape index (κ3) is 5.34. The molecular formula is C21H23N3O3. The number of ether oxygens (including phenoxy) is 2. The normalized spacial score (nSPS) is 10.4. The molecule has 0 atom stereocenters. The molecule has 0 unspecified atom stereocenters. The number of unbranched alkanes of at least 4 members (excludes halogenated alkanes) is 1. The lowest BCUT2D eigenvalue weighted by Gasteiger charge is -2.08. The minimum Gasteiger partial charge on any atom is -0.497 e. The van der Waals surface area contributed by atoms with E-state index in [2.05, 4.69) is 10.3 Å². The van der Waals surface area contributed by atoms with Crippen molar-refractivity contribution in [3.8, 4) is 17.2 Å². The molecule has 1 heterocycles. The number of carbonyl (C=O) groups is 1. The van der Waals surface area contributed by atoms with Gasteiger partial charge in [-0.2, -0.15) is 0 Å². The molecule has 0 radical (unpaired) electrons. The maximum atomic E-state index is 12.0. The van der Waals surface area contributed by atoms with Crippen LogP contribution in [0.4, 0.5) is 0 Å². The van der Waals surface area contributed by atoms with Crippen LogP contribution in [0.15, 0.2) is 67.3 Å². The molecule has 0 saturated heterocycles. The summed E-state index contributed by atoms with van der Waals surface area (Å²) in [6.45, 7) is 1.23. The fourth-order valence-electron chi connectivity index (χ4n) is 2.59. The van der Waals surface area contributed by atoms with Crippen molar-refractivity contribution in [2.75, 3.05) is 20.3 Å². The van der Waals surface area contributed by atoms with E-state index >= 15 is 0 Å². The number of amides is 1. The number of hydrogen-bond donors (Lipinski definition) is 1. The molecule has 0 aliphatic heterocycles. The number of aromatic nitrogens is 2. The lowest BCUT2D eigenvalue weighted by atomic mass is 10.2. The lowest BCUT2D eigenvalue weighted by molar-refractivity contribution is 0.0952. The minimum atomic E-state index is -0.0753. The van der Waals surface area contributed by atoms with Crippen molar-refractivity contribution in [1.29, 1.82) is 0 Å². The molecule has 3 aromatic rings. The van der Waals surface area contributed by atoms with Gasteiger partial charge in [0.15, 0.2) is 0 Å². The smallest absolute Gasteiger partial charge is 0.251 e. The lowest BCUT2D eigenvalue weighted by Crippen LogP contribution is -2.24. The van der Waals surface area contributed by atoms with Crippen molar-refractivity contribution in [1.82, 2.24) is 14.9 Å². The highest BCUT2D eigenvalue weighted by Crippen LogP contribution is 2.15. The summed E-state index contributed by atoms with van der Waals surface area (Å²) in [5.41, 5.74) is 1.67. The maximum absolute atomic E-state index is 12.0. The average Bonchev–Trinajstić information content (AvgIpc) is 3.26. The summed E-state index contributed by atoms with van der Waals surface area (Å²) in [6.07, 6.45) is 7.13. The molecule has 1 aromatic heterocycles. The van der Waals surface area contributed by atoms with Crippen molar-refractivity contribution >= 4 is 5.91 Å². The van der Waals surface area contributed by atoms with E-state index in [1.54, 1.807) is 43.9 Å². The summed E-state index contributed by atoms with van der Waals surface area (Å²) in [4.78, 5) is 16.1. The largest absolute Gasteiger partial charge is 0.497 e. The van der Waals surface area contributed by atoms with Crippen LogP contribution in [0.5, 0.6) is 11.5 Å². The van der Waals surface area contributed by atoms with Gasteiger partial charge in [-0.25, -0.2) is 4.98 Å². The summed E-state index contributed by atoms with van der Waals surface area (Å²) in [6, 6.07) is 14.9. The highest BCUT2D eigenvalue weighted by atomic mass is 16.5. The minimum absolute atomic E-state index is 0.0753. The van der Waals surface area contributed by atoms with Crippen molar-refractivity contribution in [2.24, 2.45) is 0 Å². The third-order valence-corrected chi connectivity index (χ3v) is 4.12. The van der Waals surface area contributed by atoms with Crippen LogP contribution in [0.25, 0.3) is 5.69 Å². The van der Waals surface area contributed by atoms with E-state index in [-0.39, 0.29) is 5.91 Å². The van der Waals surface area contributed by atoms with Gasteiger partial charge in [0.05, 0.1) is 20.0 Å². The molecule has 0 aliphatic rings. The molecule has 0 saturated carbocycles. The summed E-state index contributed by atoms with van der Waals surface area (Å²) in [7, 11) is 1.60.